The molecule has 1 amide bonds. The molecule has 1 aromatic rings. The van der Waals surface area contributed by atoms with Crippen LogP contribution in [0, 0.1) is 17.8 Å². The lowest BCUT2D eigenvalue weighted by Crippen LogP contribution is -2.38. The maximum Gasteiger partial charge on any atom is 0.255 e. The fourth-order valence-electron chi connectivity index (χ4n) is 3.43. The number of piperidine rings is 1. The van der Waals surface area contributed by atoms with E-state index in [0.29, 0.717) is 16.5 Å². The van der Waals surface area contributed by atoms with Crippen molar-refractivity contribution in [1.29, 1.82) is 0 Å². The maximum atomic E-state index is 12.8. The molecule has 1 heterocycles. The van der Waals surface area contributed by atoms with Gasteiger partial charge in [0.25, 0.3) is 5.91 Å². The average Bonchev–Trinajstić information content (AvgIpc) is 2.86. The van der Waals surface area contributed by atoms with E-state index < -0.39 is 0 Å². The molecule has 0 aromatic heterocycles. The third kappa shape index (κ3) is 4.51. The predicted octanol–water partition coefficient (Wildman–Crippen LogP) is 4.90. The van der Waals surface area contributed by atoms with Gasteiger partial charge in [0.2, 0.25) is 0 Å². The molecule has 0 atom stereocenters. The second kappa shape index (κ2) is 8.47. The first-order valence-corrected chi connectivity index (χ1v) is 9.56. The van der Waals surface area contributed by atoms with Crippen molar-refractivity contribution in [3.05, 3.63) is 52.1 Å². The van der Waals surface area contributed by atoms with Gasteiger partial charge in [-0.25, -0.2) is 0 Å². The van der Waals surface area contributed by atoms with Crippen LogP contribution in [0.5, 0.6) is 0 Å². The number of rotatable bonds is 4. The number of amides is 1. The molecule has 1 N–H and O–H groups in total. The third-order valence-electron chi connectivity index (χ3n) is 5.08. The molecule has 2 aliphatic rings. The normalized spacial score (nSPS) is 17.6. The Hall–Kier alpha value is -2.18. The van der Waals surface area contributed by atoms with Crippen LogP contribution >= 0.6 is 11.6 Å². The Labute approximate surface area is 161 Å². The molecule has 3 nitrogen and oxygen atoms in total. The lowest BCUT2D eigenvalue weighted by atomic mass is 9.89. The number of nitrogens with one attached hydrogen (secondary N) is 1. The van der Waals surface area contributed by atoms with Gasteiger partial charge in [-0.2, -0.15) is 0 Å². The van der Waals surface area contributed by atoms with Gasteiger partial charge in [-0.05, 0) is 50.3 Å². The Morgan fingerprint density at radius 2 is 2.08 bits per heavy atom. The number of hydrogen-bond donors (Lipinski definition) is 1. The van der Waals surface area contributed by atoms with E-state index >= 15 is 0 Å². The second-order valence-electron chi connectivity index (χ2n) is 7.07. The molecule has 3 rings (SSSR count). The highest BCUT2D eigenvalue weighted by Crippen LogP contribution is 2.28. The van der Waals surface area contributed by atoms with Crippen molar-refractivity contribution < 1.29 is 4.79 Å². The van der Waals surface area contributed by atoms with Gasteiger partial charge in [0, 0.05) is 37.8 Å². The van der Waals surface area contributed by atoms with Crippen molar-refractivity contribution in [2.24, 2.45) is 5.92 Å². The molecule has 26 heavy (non-hydrogen) atoms. The Morgan fingerprint density at radius 1 is 1.31 bits per heavy atom. The topological polar surface area (TPSA) is 32.3 Å². The number of hydrogen-bond acceptors (Lipinski definition) is 2. The Balaban J connectivity index is 1.60. The summed E-state index contributed by atoms with van der Waals surface area (Å²) in [5, 5.41) is 3.57. The quantitative estimate of drug-likeness (QED) is 0.766. The summed E-state index contributed by atoms with van der Waals surface area (Å²) in [6.45, 7) is 3.67. The van der Waals surface area contributed by atoms with Crippen LogP contribution in [0.15, 0.2) is 41.5 Å². The number of likely N-dealkylation sites (tertiary alicyclic amines) is 1. The van der Waals surface area contributed by atoms with Crippen molar-refractivity contribution in [2.75, 3.05) is 25.5 Å². The zero-order valence-corrected chi connectivity index (χ0v) is 16.2. The summed E-state index contributed by atoms with van der Waals surface area (Å²) in [7, 11) is 1.84. The molecular weight excluding hydrogens is 344 g/mol. The molecule has 1 saturated heterocycles. The summed E-state index contributed by atoms with van der Waals surface area (Å²) in [6.07, 6.45) is 8.22. The molecule has 1 aliphatic carbocycles. The molecule has 0 spiro atoms. The van der Waals surface area contributed by atoms with Crippen molar-refractivity contribution in [3.63, 3.8) is 0 Å². The molecule has 0 bridgehead atoms. The number of allylic oxidation sites excluding steroid dienone is 4. The van der Waals surface area contributed by atoms with Crippen LogP contribution in [0.2, 0.25) is 5.02 Å². The monoisotopic (exact) mass is 368 g/mol. The van der Waals surface area contributed by atoms with Gasteiger partial charge in [0.05, 0.1) is 10.6 Å². The summed E-state index contributed by atoms with van der Waals surface area (Å²) in [4.78, 5) is 14.8. The highest BCUT2D eigenvalue weighted by Gasteiger charge is 2.25. The summed E-state index contributed by atoms with van der Waals surface area (Å²) in [6, 6.07) is 5.49. The summed E-state index contributed by atoms with van der Waals surface area (Å²) in [5.74, 6) is 7.14. The van der Waals surface area contributed by atoms with E-state index in [1.807, 2.05) is 24.1 Å². The summed E-state index contributed by atoms with van der Waals surface area (Å²) < 4.78 is 0. The smallest absolute Gasteiger partial charge is 0.255 e. The number of anilines is 1. The first-order chi connectivity index (χ1) is 12.6. The minimum absolute atomic E-state index is 0.0255. The Kier molecular flexibility index (Phi) is 6.06. The minimum Gasteiger partial charge on any atom is -0.388 e. The second-order valence-corrected chi connectivity index (χ2v) is 7.48. The number of nitrogens with zero attached hydrogens (tertiary/aromatic N) is 1. The van der Waals surface area contributed by atoms with Crippen molar-refractivity contribution >= 4 is 23.2 Å². The summed E-state index contributed by atoms with van der Waals surface area (Å²) in [5.41, 5.74) is 4.01. The van der Waals surface area contributed by atoms with Crippen LogP contribution in [0.1, 0.15) is 43.0 Å². The number of carbonyl (C=O) groups excluding carboxylic acids is 1. The molecule has 1 fully saturated rings. The highest BCUT2D eigenvalue weighted by molar-refractivity contribution is 6.34. The molecule has 1 aliphatic heterocycles. The summed E-state index contributed by atoms with van der Waals surface area (Å²) >= 11 is 6.25. The SMILES string of the molecule is CNc1ccc(Cl)c(C(=O)N2CCC(CC3=CC=C(C)CC#C3)CC2)c1. The van der Waals surface area contributed by atoms with Crippen LogP contribution in [0.25, 0.3) is 0 Å². The van der Waals surface area contributed by atoms with Crippen LogP contribution in [-0.4, -0.2) is 30.9 Å². The average molecular weight is 369 g/mol. The van der Waals surface area contributed by atoms with E-state index in [9.17, 15) is 4.79 Å². The first kappa shape index (κ1) is 18.6. The number of benzene rings is 1. The van der Waals surface area contributed by atoms with Gasteiger partial charge < -0.3 is 10.2 Å². The van der Waals surface area contributed by atoms with Gasteiger partial charge >= 0.3 is 0 Å². The molecule has 0 unspecified atom stereocenters. The minimum atomic E-state index is 0.0255. The van der Waals surface area contributed by atoms with Crippen LogP contribution in [0.3, 0.4) is 0 Å². The van der Waals surface area contributed by atoms with Crippen LogP contribution in [0.4, 0.5) is 5.69 Å². The van der Waals surface area contributed by atoms with E-state index in [2.05, 4.69) is 36.2 Å². The van der Waals surface area contributed by atoms with Crippen molar-refractivity contribution in [1.82, 2.24) is 4.90 Å². The van der Waals surface area contributed by atoms with Gasteiger partial charge in [0.1, 0.15) is 0 Å². The highest BCUT2D eigenvalue weighted by atomic mass is 35.5. The molecule has 136 valence electrons. The molecular formula is C22H25ClN2O. The molecule has 0 radical (unpaired) electrons. The Morgan fingerprint density at radius 3 is 2.81 bits per heavy atom. The van der Waals surface area contributed by atoms with Crippen molar-refractivity contribution in [2.45, 2.75) is 32.6 Å². The lowest BCUT2D eigenvalue weighted by Gasteiger charge is -2.32. The third-order valence-corrected chi connectivity index (χ3v) is 5.41. The van der Waals surface area contributed by atoms with Gasteiger partial charge in [-0.1, -0.05) is 41.2 Å². The predicted molar refractivity (Wildman–Crippen MR) is 108 cm³/mol. The van der Waals surface area contributed by atoms with E-state index in [1.165, 1.54) is 11.1 Å². The maximum absolute atomic E-state index is 12.8. The number of halogens is 1. The largest absolute Gasteiger partial charge is 0.388 e. The van der Waals surface area contributed by atoms with Crippen molar-refractivity contribution in [3.8, 4) is 11.8 Å². The molecule has 0 saturated carbocycles. The number of carbonyl (C=O) groups is 1. The zero-order chi connectivity index (χ0) is 18.5. The zero-order valence-electron chi connectivity index (χ0n) is 15.4. The lowest BCUT2D eigenvalue weighted by molar-refractivity contribution is 0.0691. The van der Waals surface area contributed by atoms with Gasteiger partial charge in [0.15, 0.2) is 0 Å². The van der Waals surface area contributed by atoms with E-state index in [4.69, 9.17) is 11.6 Å². The fraction of sp³-hybridized carbons (Fsp3) is 0.409. The Bertz CT molecular complexity index is 805. The molecule has 4 heteroatoms. The van der Waals surface area contributed by atoms with Gasteiger partial charge in [-0.15, -0.1) is 0 Å². The fourth-order valence-corrected chi connectivity index (χ4v) is 3.62. The van der Waals surface area contributed by atoms with E-state index in [-0.39, 0.29) is 5.91 Å². The van der Waals surface area contributed by atoms with E-state index in [0.717, 1.165) is 44.5 Å². The van der Waals surface area contributed by atoms with E-state index in [1.54, 1.807) is 6.07 Å². The standard InChI is InChI=1S/C22H25ClN2O/c1-16-4-3-5-17(7-6-16)14-18-10-12-25(13-11-18)22(26)20-15-19(24-2)8-9-21(20)23/h6-9,15,18,24H,4,10-14H2,1-2H3. The van der Waals surface area contributed by atoms with Crippen LogP contribution < -0.4 is 5.32 Å². The first-order valence-electron chi connectivity index (χ1n) is 9.18. The van der Waals surface area contributed by atoms with Gasteiger partial charge in [-0.3, -0.25) is 4.79 Å². The van der Waals surface area contributed by atoms with Crippen LogP contribution in [-0.2, 0) is 0 Å². The molecule has 1 aromatic carbocycles.